The molecular weight excluding hydrogens is 394 g/mol. The SMILES string of the molecule is Cl.O=C(c1cc2c(s1)CCCCC2)N1CCC(c2nnc3n2CCNC3)CC1. The van der Waals surface area contributed by atoms with Crippen LogP contribution in [0.3, 0.4) is 0 Å². The van der Waals surface area contributed by atoms with Crippen LogP contribution >= 0.6 is 23.7 Å². The van der Waals surface area contributed by atoms with Crippen molar-refractivity contribution < 1.29 is 4.79 Å². The average molecular weight is 422 g/mol. The molecule has 0 unspecified atom stereocenters. The first-order valence-corrected chi connectivity index (χ1v) is 11.1. The van der Waals surface area contributed by atoms with Crippen LogP contribution in [0.4, 0.5) is 0 Å². The molecule has 0 atom stereocenters. The third-order valence-electron chi connectivity index (χ3n) is 6.26. The van der Waals surface area contributed by atoms with Crippen LogP contribution in [0.5, 0.6) is 0 Å². The number of aryl methyl sites for hydroxylation is 2. The average Bonchev–Trinajstić information content (AvgIpc) is 3.26. The molecule has 1 amide bonds. The molecule has 4 heterocycles. The number of halogens is 1. The van der Waals surface area contributed by atoms with Gasteiger partial charge in [-0.15, -0.1) is 33.9 Å². The topological polar surface area (TPSA) is 63.1 Å². The van der Waals surface area contributed by atoms with Crippen molar-refractivity contribution in [3.8, 4) is 0 Å². The van der Waals surface area contributed by atoms with Crippen LogP contribution in [0, 0.1) is 0 Å². The Morgan fingerprint density at radius 3 is 2.79 bits per heavy atom. The van der Waals surface area contributed by atoms with E-state index in [0.717, 1.165) is 74.9 Å². The smallest absolute Gasteiger partial charge is 0.263 e. The maximum Gasteiger partial charge on any atom is 0.263 e. The molecule has 6 nitrogen and oxygen atoms in total. The summed E-state index contributed by atoms with van der Waals surface area (Å²) in [6.07, 6.45) is 8.13. The van der Waals surface area contributed by atoms with Gasteiger partial charge in [-0.2, -0.15) is 0 Å². The second-order valence-electron chi connectivity index (χ2n) is 7.99. The number of amides is 1. The number of aromatic nitrogens is 3. The minimum absolute atomic E-state index is 0. The van der Waals surface area contributed by atoms with E-state index in [1.807, 2.05) is 0 Å². The molecule has 0 radical (unpaired) electrons. The van der Waals surface area contributed by atoms with Crippen LogP contribution in [0.2, 0.25) is 0 Å². The van der Waals surface area contributed by atoms with E-state index < -0.39 is 0 Å². The number of hydrogen-bond donors (Lipinski definition) is 1. The Balaban J connectivity index is 0.00000192. The normalized spacial score (nSPS) is 20.1. The van der Waals surface area contributed by atoms with E-state index >= 15 is 0 Å². The van der Waals surface area contributed by atoms with E-state index in [2.05, 4.69) is 31.0 Å². The lowest BCUT2D eigenvalue weighted by Crippen LogP contribution is -2.38. The van der Waals surface area contributed by atoms with Gasteiger partial charge in [0.2, 0.25) is 0 Å². The quantitative estimate of drug-likeness (QED) is 0.756. The van der Waals surface area contributed by atoms with Gasteiger partial charge in [0.25, 0.3) is 5.91 Å². The Morgan fingerprint density at radius 1 is 1.11 bits per heavy atom. The lowest BCUT2D eigenvalue weighted by molar-refractivity contribution is 0.0715. The number of hydrogen-bond acceptors (Lipinski definition) is 5. The highest BCUT2D eigenvalue weighted by Crippen LogP contribution is 2.32. The van der Waals surface area contributed by atoms with Gasteiger partial charge in [0.15, 0.2) is 0 Å². The van der Waals surface area contributed by atoms with Gasteiger partial charge in [0.05, 0.1) is 11.4 Å². The molecule has 0 aromatic carbocycles. The highest BCUT2D eigenvalue weighted by atomic mass is 35.5. The summed E-state index contributed by atoms with van der Waals surface area (Å²) < 4.78 is 2.29. The van der Waals surface area contributed by atoms with E-state index in [9.17, 15) is 4.79 Å². The summed E-state index contributed by atoms with van der Waals surface area (Å²) in [5.41, 5.74) is 1.43. The van der Waals surface area contributed by atoms with E-state index in [-0.39, 0.29) is 18.3 Å². The third kappa shape index (κ3) is 3.72. The predicted octanol–water partition coefficient (Wildman–Crippen LogP) is 3.15. The maximum atomic E-state index is 13.0. The van der Waals surface area contributed by atoms with Gasteiger partial charge in [-0.3, -0.25) is 4.79 Å². The van der Waals surface area contributed by atoms with Gasteiger partial charge >= 0.3 is 0 Å². The van der Waals surface area contributed by atoms with Crippen LogP contribution in [0.1, 0.15) is 69.8 Å². The van der Waals surface area contributed by atoms with E-state index in [1.165, 1.54) is 29.7 Å². The van der Waals surface area contributed by atoms with Gasteiger partial charge in [-0.25, -0.2) is 0 Å². The number of likely N-dealkylation sites (tertiary alicyclic amines) is 1. The molecule has 2 aromatic rings. The summed E-state index contributed by atoms with van der Waals surface area (Å²) in [5.74, 6) is 2.84. The zero-order valence-electron chi connectivity index (χ0n) is 16.2. The van der Waals surface area contributed by atoms with E-state index in [0.29, 0.717) is 5.92 Å². The Kier molecular flexibility index (Phi) is 6.04. The largest absolute Gasteiger partial charge is 0.338 e. The Hall–Kier alpha value is -1.44. The van der Waals surface area contributed by atoms with E-state index in [1.54, 1.807) is 11.3 Å². The molecule has 2 aromatic heterocycles. The molecule has 8 heteroatoms. The molecule has 5 rings (SSSR count). The molecule has 3 aliphatic rings. The minimum atomic E-state index is 0. The number of rotatable bonds is 2. The molecule has 0 saturated carbocycles. The fourth-order valence-corrected chi connectivity index (χ4v) is 5.91. The molecule has 28 heavy (non-hydrogen) atoms. The first kappa shape index (κ1) is 19.9. The molecule has 1 fully saturated rings. The molecular formula is C20H28ClN5OS. The summed E-state index contributed by atoms with van der Waals surface area (Å²) in [4.78, 5) is 17.5. The van der Waals surface area contributed by atoms with Crippen molar-refractivity contribution in [3.05, 3.63) is 33.0 Å². The van der Waals surface area contributed by atoms with Crippen molar-refractivity contribution >= 4 is 29.7 Å². The fourth-order valence-electron chi connectivity index (χ4n) is 4.69. The number of carbonyl (C=O) groups is 1. The van der Waals surface area contributed by atoms with Crippen LogP contribution < -0.4 is 5.32 Å². The van der Waals surface area contributed by atoms with Gasteiger partial charge in [0.1, 0.15) is 11.6 Å². The lowest BCUT2D eigenvalue weighted by atomic mass is 9.95. The maximum absolute atomic E-state index is 13.0. The predicted molar refractivity (Wildman–Crippen MR) is 112 cm³/mol. The highest BCUT2D eigenvalue weighted by Gasteiger charge is 2.30. The van der Waals surface area contributed by atoms with Gasteiger partial charge in [0, 0.05) is 37.0 Å². The monoisotopic (exact) mass is 421 g/mol. The number of nitrogens with one attached hydrogen (secondary N) is 1. The number of carbonyl (C=O) groups excluding carboxylic acids is 1. The minimum Gasteiger partial charge on any atom is -0.338 e. The van der Waals surface area contributed by atoms with Crippen LogP contribution in [-0.2, 0) is 25.9 Å². The number of fused-ring (bicyclic) bond motifs is 2. The third-order valence-corrected chi connectivity index (χ3v) is 7.48. The standard InChI is InChI=1S/C20H27N5OS.ClH/c26-20(17-12-15-4-2-1-3-5-16(15)27-17)24-9-6-14(7-10-24)19-23-22-18-13-21-8-11-25(18)19;/h12,14,21H,1-11,13H2;1H. The van der Waals surface area contributed by atoms with Crippen molar-refractivity contribution in [2.24, 2.45) is 0 Å². The molecule has 1 N–H and O–H groups in total. The fraction of sp³-hybridized carbons (Fsp3) is 0.650. The second kappa shape index (κ2) is 8.51. The number of thiophene rings is 1. The van der Waals surface area contributed by atoms with Crippen LogP contribution in [0.25, 0.3) is 0 Å². The molecule has 1 saturated heterocycles. The Bertz CT molecular complexity index is 816. The Morgan fingerprint density at radius 2 is 1.93 bits per heavy atom. The molecule has 0 spiro atoms. The van der Waals surface area contributed by atoms with Gasteiger partial charge < -0.3 is 14.8 Å². The molecule has 1 aliphatic carbocycles. The zero-order valence-corrected chi connectivity index (χ0v) is 17.8. The molecule has 0 bridgehead atoms. The summed E-state index contributed by atoms with van der Waals surface area (Å²) >= 11 is 1.74. The van der Waals surface area contributed by atoms with Gasteiger partial charge in [-0.05, 0) is 50.2 Å². The van der Waals surface area contributed by atoms with Crippen molar-refractivity contribution in [2.75, 3.05) is 19.6 Å². The summed E-state index contributed by atoms with van der Waals surface area (Å²) in [6, 6.07) is 2.18. The zero-order chi connectivity index (χ0) is 18.2. The Labute approximate surface area is 176 Å². The van der Waals surface area contributed by atoms with Crippen molar-refractivity contribution in [1.82, 2.24) is 25.0 Å². The highest BCUT2D eigenvalue weighted by molar-refractivity contribution is 7.14. The second-order valence-corrected chi connectivity index (χ2v) is 9.13. The van der Waals surface area contributed by atoms with E-state index in [4.69, 9.17) is 0 Å². The molecule has 152 valence electrons. The summed E-state index contributed by atoms with van der Waals surface area (Å²) in [7, 11) is 0. The van der Waals surface area contributed by atoms with Crippen LogP contribution in [-0.4, -0.2) is 45.2 Å². The number of nitrogens with zero attached hydrogens (tertiary/aromatic N) is 4. The van der Waals surface area contributed by atoms with Crippen molar-refractivity contribution in [2.45, 2.75) is 64.0 Å². The lowest BCUT2D eigenvalue weighted by Gasteiger charge is -2.31. The first-order chi connectivity index (χ1) is 13.3. The first-order valence-electron chi connectivity index (χ1n) is 10.3. The van der Waals surface area contributed by atoms with Gasteiger partial charge in [-0.1, -0.05) is 6.42 Å². The van der Waals surface area contributed by atoms with Crippen LogP contribution in [0.15, 0.2) is 6.07 Å². The summed E-state index contributed by atoms with van der Waals surface area (Å²) in [6.45, 7) is 4.41. The van der Waals surface area contributed by atoms with Crippen molar-refractivity contribution in [1.29, 1.82) is 0 Å². The summed E-state index contributed by atoms with van der Waals surface area (Å²) in [5, 5.41) is 12.2. The van der Waals surface area contributed by atoms with Crippen molar-refractivity contribution in [3.63, 3.8) is 0 Å². The molecule has 2 aliphatic heterocycles. The number of piperidine rings is 1.